The topological polar surface area (TPSA) is 55.7 Å². The van der Waals surface area contributed by atoms with E-state index in [0.29, 0.717) is 17.9 Å². The molecule has 1 N–H and O–H groups in total. The average Bonchev–Trinajstić information content (AvgIpc) is 2.94. The van der Waals surface area contributed by atoms with Crippen LogP contribution in [0.25, 0.3) is 10.7 Å². The van der Waals surface area contributed by atoms with E-state index < -0.39 is 0 Å². The van der Waals surface area contributed by atoms with Crippen LogP contribution in [0.3, 0.4) is 0 Å². The third-order valence-electron chi connectivity index (χ3n) is 2.61. The van der Waals surface area contributed by atoms with Crippen LogP contribution in [0.15, 0.2) is 5.51 Å². The highest BCUT2D eigenvalue weighted by atomic mass is 32.1. The Bertz CT molecular complexity index is 557. The number of methoxy groups -OCH3 is 1. The number of nitrogens with one attached hydrogen (secondary N) is 1. The van der Waals surface area contributed by atoms with Crippen molar-refractivity contribution in [2.45, 2.75) is 26.3 Å². The lowest BCUT2D eigenvalue weighted by Crippen LogP contribution is -2.06. The van der Waals surface area contributed by atoms with E-state index in [9.17, 15) is 0 Å². The lowest BCUT2D eigenvalue weighted by Gasteiger charge is -2.05. The second-order valence-corrected chi connectivity index (χ2v) is 5.12. The predicted molar refractivity (Wildman–Crippen MR) is 74.4 cm³/mol. The van der Waals surface area contributed by atoms with Gasteiger partial charge in [0.15, 0.2) is 10.6 Å². The summed E-state index contributed by atoms with van der Waals surface area (Å²) in [5.74, 6) is 0.864. The highest BCUT2D eigenvalue weighted by molar-refractivity contribution is 7.71. The first kappa shape index (κ1) is 13.4. The molecular weight excluding hydrogens is 268 g/mol. The zero-order chi connectivity index (χ0) is 13.0. The van der Waals surface area contributed by atoms with Gasteiger partial charge in [-0.1, -0.05) is 13.3 Å². The molecule has 2 aromatic heterocycles. The summed E-state index contributed by atoms with van der Waals surface area (Å²) in [7, 11) is 1.68. The van der Waals surface area contributed by atoms with Crippen molar-refractivity contribution < 1.29 is 4.74 Å². The van der Waals surface area contributed by atoms with Crippen LogP contribution < -0.4 is 0 Å². The molecule has 0 unspecified atom stereocenters. The van der Waals surface area contributed by atoms with E-state index in [2.05, 4.69) is 22.1 Å². The molecule has 2 aromatic rings. The summed E-state index contributed by atoms with van der Waals surface area (Å²) in [4.78, 5) is 5.50. The van der Waals surface area contributed by atoms with Crippen molar-refractivity contribution in [2.75, 3.05) is 13.7 Å². The maximum atomic E-state index is 5.24. The highest BCUT2D eigenvalue weighted by Gasteiger charge is 2.15. The molecule has 7 heteroatoms. The number of nitrogens with zero attached hydrogens (tertiary/aromatic N) is 3. The monoisotopic (exact) mass is 284 g/mol. The quantitative estimate of drug-likeness (QED) is 0.829. The second-order valence-electron chi connectivity index (χ2n) is 3.87. The first-order valence-electron chi connectivity index (χ1n) is 5.84. The molecule has 5 nitrogen and oxygen atoms in total. The minimum Gasteiger partial charge on any atom is -0.383 e. The molecule has 0 fully saturated rings. The maximum Gasteiger partial charge on any atom is 0.195 e. The van der Waals surface area contributed by atoms with Crippen LogP contribution in [0.5, 0.6) is 0 Å². The fourth-order valence-electron chi connectivity index (χ4n) is 1.75. The van der Waals surface area contributed by atoms with Gasteiger partial charge in [0.05, 0.1) is 29.2 Å². The van der Waals surface area contributed by atoms with Gasteiger partial charge in [-0.05, 0) is 18.6 Å². The molecule has 0 saturated heterocycles. The molecule has 0 aliphatic carbocycles. The molecule has 0 aromatic carbocycles. The Kier molecular flexibility index (Phi) is 4.62. The summed E-state index contributed by atoms with van der Waals surface area (Å²) in [5, 5.41) is 7.16. The number of rotatable bonds is 6. The molecule has 0 aliphatic heterocycles. The zero-order valence-corrected chi connectivity index (χ0v) is 12.1. The number of aromatic nitrogens is 4. The SMILES string of the molecule is CCCc1ncsc1-c1n[nH]c(=S)n1CCOC. The summed E-state index contributed by atoms with van der Waals surface area (Å²) < 4.78 is 7.69. The molecule has 0 atom stereocenters. The molecule has 0 spiro atoms. The summed E-state index contributed by atoms with van der Waals surface area (Å²) >= 11 is 6.84. The van der Waals surface area contributed by atoms with Crippen LogP contribution in [-0.4, -0.2) is 33.5 Å². The van der Waals surface area contributed by atoms with E-state index in [1.807, 2.05) is 10.1 Å². The molecular formula is C11H16N4OS2. The number of aromatic amines is 1. The Balaban J connectivity index is 2.37. The van der Waals surface area contributed by atoms with E-state index in [4.69, 9.17) is 17.0 Å². The minimum atomic E-state index is 0.614. The van der Waals surface area contributed by atoms with Crippen molar-refractivity contribution in [3.63, 3.8) is 0 Å². The standard InChI is InChI=1S/C11H16N4OS2/c1-3-4-8-9(18-7-12-8)10-13-14-11(17)15(10)5-6-16-2/h7H,3-6H2,1-2H3,(H,14,17). The zero-order valence-electron chi connectivity index (χ0n) is 10.5. The van der Waals surface area contributed by atoms with Crippen LogP contribution in [0.4, 0.5) is 0 Å². The van der Waals surface area contributed by atoms with Crippen LogP contribution in [0.1, 0.15) is 19.0 Å². The third-order valence-corrected chi connectivity index (χ3v) is 3.78. The van der Waals surface area contributed by atoms with Gasteiger partial charge in [0.25, 0.3) is 0 Å². The number of ether oxygens (including phenoxy) is 1. The molecule has 2 rings (SSSR count). The van der Waals surface area contributed by atoms with E-state index in [0.717, 1.165) is 29.2 Å². The molecule has 0 radical (unpaired) electrons. The lowest BCUT2D eigenvalue weighted by molar-refractivity contribution is 0.187. The van der Waals surface area contributed by atoms with Crippen molar-refractivity contribution in [2.24, 2.45) is 0 Å². The predicted octanol–water partition coefficient (Wildman–Crippen LogP) is 2.66. The van der Waals surface area contributed by atoms with Gasteiger partial charge in [0.1, 0.15) is 0 Å². The number of thiazole rings is 1. The van der Waals surface area contributed by atoms with E-state index in [1.165, 1.54) is 0 Å². The van der Waals surface area contributed by atoms with Gasteiger partial charge in [0.2, 0.25) is 0 Å². The maximum absolute atomic E-state index is 5.24. The van der Waals surface area contributed by atoms with Gasteiger partial charge in [-0.15, -0.1) is 11.3 Å². The molecule has 98 valence electrons. The van der Waals surface area contributed by atoms with Gasteiger partial charge in [-0.2, -0.15) is 5.10 Å². The van der Waals surface area contributed by atoms with Crippen molar-refractivity contribution in [1.29, 1.82) is 0 Å². The van der Waals surface area contributed by atoms with Gasteiger partial charge >= 0.3 is 0 Å². The number of aryl methyl sites for hydroxylation is 1. The fraction of sp³-hybridized carbons (Fsp3) is 0.545. The number of hydrogen-bond acceptors (Lipinski definition) is 5. The number of H-pyrrole nitrogens is 1. The average molecular weight is 284 g/mol. The van der Waals surface area contributed by atoms with E-state index in [-0.39, 0.29) is 0 Å². The molecule has 0 saturated carbocycles. The summed E-state index contributed by atoms with van der Waals surface area (Å²) in [6, 6.07) is 0. The van der Waals surface area contributed by atoms with Gasteiger partial charge in [-0.3, -0.25) is 9.67 Å². The first-order valence-corrected chi connectivity index (χ1v) is 7.13. The normalized spacial score (nSPS) is 11.0. The minimum absolute atomic E-state index is 0.614. The Morgan fingerprint density at radius 2 is 2.39 bits per heavy atom. The molecule has 18 heavy (non-hydrogen) atoms. The van der Waals surface area contributed by atoms with E-state index in [1.54, 1.807) is 18.4 Å². The van der Waals surface area contributed by atoms with Crippen molar-refractivity contribution >= 4 is 23.6 Å². The Labute approximate surface area is 115 Å². The van der Waals surface area contributed by atoms with Gasteiger partial charge in [0, 0.05) is 7.11 Å². The molecule has 0 aliphatic rings. The van der Waals surface area contributed by atoms with Gasteiger partial charge < -0.3 is 4.74 Å². The van der Waals surface area contributed by atoms with Crippen molar-refractivity contribution in [3.8, 4) is 10.7 Å². The Hall–Kier alpha value is -1.05. The largest absolute Gasteiger partial charge is 0.383 e. The highest BCUT2D eigenvalue weighted by Crippen LogP contribution is 2.27. The number of hydrogen-bond donors (Lipinski definition) is 1. The van der Waals surface area contributed by atoms with Crippen LogP contribution in [0.2, 0.25) is 0 Å². The van der Waals surface area contributed by atoms with E-state index >= 15 is 0 Å². The Morgan fingerprint density at radius 1 is 1.56 bits per heavy atom. The van der Waals surface area contributed by atoms with Crippen LogP contribution >= 0.6 is 23.6 Å². The Morgan fingerprint density at radius 3 is 3.11 bits per heavy atom. The fourth-order valence-corrected chi connectivity index (χ4v) is 2.81. The molecule has 2 heterocycles. The van der Waals surface area contributed by atoms with Gasteiger partial charge in [-0.25, -0.2) is 4.98 Å². The van der Waals surface area contributed by atoms with Crippen LogP contribution in [-0.2, 0) is 17.7 Å². The first-order chi connectivity index (χ1) is 8.77. The second kappa shape index (κ2) is 6.21. The molecule has 0 amide bonds. The molecule has 0 bridgehead atoms. The summed E-state index contributed by atoms with van der Waals surface area (Å²) in [5.41, 5.74) is 2.95. The lowest BCUT2D eigenvalue weighted by atomic mass is 10.2. The third kappa shape index (κ3) is 2.68. The van der Waals surface area contributed by atoms with Crippen molar-refractivity contribution in [1.82, 2.24) is 19.7 Å². The summed E-state index contributed by atoms with van der Waals surface area (Å²) in [6.45, 7) is 3.46. The smallest absolute Gasteiger partial charge is 0.195 e. The summed E-state index contributed by atoms with van der Waals surface area (Å²) in [6.07, 6.45) is 2.03. The van der Waals surface area contributed by atoms with Crippen molar-refractivity contribution in [3.05, 3.63) is 16.0 Å². The van der Waals surface area contributed by atoms with Crippen LogP contribution in [0, 0.1) is 4.77 Å².